The van der Waals surface area contributed by atoms with Crippen molar-refractivity contribution in [3.8, 4) is 0 Å². The molecule has 1 atom stereocenters. The number of hydrogen-bond acceptors (Lipinski definition) is 3. The molecule has 1 aliphatic rings. The average molecular weight is 265 g/mol. The molecule has 1 aromatic rings. The Balaban J connectivity index is 1.81. The molecule has 19 heavy (non-hydrogen) atoms. The zero-order valence-electron chi connectivity index (χ0n) is 11.8. The Morgan fingerprint density at radius 2 is 2.16 bits per heavy atom. The van der Waals surface area contributed by atoms with Gasteiger partial charge in [0.2, 0.25) is 0 Å². The zero-order valence-corrected chi connectivity index (χ0v) is 11.8. The predicted molar refractivity (Wildman–Crippen MR) is 73.0 cm³/mol. The summed E-state index contributed by atoms with van der Waals surface area (Å²) in [6, 6.07) is 4.37. The molecule has 0 bridgehead atoms. The van der Waals surface area contributed by atoms with Crippen LogP contribution in [0.5, 0.6) is 0 Å². The minimum absolute atomic E-state index is 0.303. The van der Waals surface area contributed by atoms with Crippen LogP contribution in [0.2, 0.25) is 0 Å². The minimum atomic E-state index is -0.679. The summed E-state index contributed by atoms with van der Waals surface area (Å²) in [6.45, 7) is 6.21. The van der Waals surface area contributed by atoms with E-state index >= 15 is 0 Å². The number of furan rings is 1. The predicted octanol–water partition coefficient (Wildman–Crippen LogP) is 3.23. The van der Waals surface area contributed by atoms with Gasteiger partial charge in [-0.25, -0.2) is 0 Å². The Morgan fingerprint density at radius 1 is 1.47 bits per heavy atom. The van der Waals surface area contributed by atoms with Crippen LogP contribution in [0.4, 0.5) is 0 Å². The fourth-order valence-corrected chi connectivity index (χ4v) is 2.81. The molecule has 2 heterocycles. The molecule has 0 saturated carbocycles. The van der Waals surface area contributed by atoms with Crippen molar-refractivity contribution in [2.75, 3.05) is 13.1 Å². The highest BCUT2D eigenvalue weighted by molar-refractivity contribution is 5.66. The molecule has 0 aliphatic carbocycles. The molecular formula is C15H23NO3. The second-order valence-electron chi connectivity index (χ2n) is 5.54. The fraction of sp³-hybridized carbons (Fsp3) is 0.667. The van der Waals surface area contributed by atoms with Crippen LogP contribution in [0.1, 0.15) is 50.2 Å². The Hall–Kier alpha value is -1.29. The lowest BCUT2D eigenvalue weighted by Gasteiger charge is -2.35. The monoisotopic (exact) mass is 265 g/mol. The number of nitrogens with zero attached hydrogens (tertiary/aromatic N) is 1. The van der Waals surface area contributed by atoms with Gasteiger partial charge in [0.25, 0.3) is 0 Å². The van der Waals surface area contributed by atoms with Gasteiger partial charge in [-0.2, -0.15) is 0 Å². The molecule has 0 spiro atoms. The number of rotatable bonds is 5. The highest BCUT2D eigenvalue weighted by atomic mass is 16.4. The van der Waals surface area contributed by atoms with Crippen LogP contribution in [0.25, 0.3) is 0 Å². The van der Waals surface area contributed by atoms with Gasteiger partial charge in [-0.15, -0.1) is 0 Å². The molecule has 0 radical (unpaired) electrons. The fourth-order valence-electron chi connectivity index (χ4n) is 2.81. The minimum Gasteiger partial charge on any atom is -0.481 e. The third kappa shape index (κ3) is 3.83. The van der Waals surface area contributed by atoms with Crippen molar-refractivity contribution in [2.45, 2.75) is 45.6 Å². The lowest BCUT2D eigenvalue weighted by atomic mass is 9.91. The van der Waals surface area contributed by atoms with Gasteiger partial charge < -0.3 is 9.52 Å². The maximum Gasteiger partial charge on any atom is 0.303 e. The van der Waals surface area contributed by atoms with Gasteiger partial charge in [-0.1, -0.05) is 0 Å². The van der Waals surface area contributed by atoms with E-state index < -0.39 is 5.97 Å². The number of piperidine rings is 1. The summed E-state index contributed by atoms with van der Waals surface area (Å²) >= 11 is 0. The summed E-state index contributed by atoms with van der Waals surface area (Å²) in [7, 11) is 0. The Labute approximate surface area is 114 Å². The van der Waals surface area contributed by atoms with E-state index in [1.165, 1.54) is 0 Å². The van der Waals surface area contributed by atoms with E-state index in [0.717, 1.165) is 43.9 Å². The molecule has 1 saturated heterocycles. The Kier molecular flexibility index (Phi) is 4.64. The van der Waals surface area contributed by atoms with Gasteiger partial charge in [-0.05, 0) is 64.3 Å². The summed E-state index contributed by atoms with van der Waals surface area (Å²) in [6.07, 6.45) is 3.31. The van der Waals surface area contributed by atoms with Gasteiger partial charge in [0.05, 0.1) is 6.04 Å². The molecule has 106 valence electrons. The number of aryl methyl sites for hydroxylation is 1. The van der Waals surface area contributed by atoms with Crippen molar-refractivity contribution < 1.29 is 14.3 Å². The standard InChI is InChI=1S/C15H23NO3/c1-11-3-5-14(19-11)12(2)16-9-7-13(8-10-16)4-6-15(17)18/h3,5,12-13H,4,6-10H2,1-2H3,(H,17,18). The van der Waals surface area contributed by atoms with Crippen LogP contribution in [0.15, 0.2) is 16.5 Å². The van der Waals surface area contributed by atoms with E-state index in [-0.39, 0.29) is 0 Å². The molecule has 1 aliphatic heterocycles. The maximum atomic E-state index is 10.6. The molecule has 4 heteroatoms. The second kappa shape index (κ2) is 6.24. The first-order valence-electron chi connectivity index (χ1n) is 7.08. The van der Waals surface area contributed by atoms with E-state index in [4.69, 9.17) is 9.52 Å². The van der Waals surface area contributed by atoms with Crippen molar-refractivity contribution in [1.29, 1.82) is 0 Å². The van der Waals surface area contributed by atoms with Crippen molar-refractivity contribution in [3.05, 3.63) is 23.7 Å². The quantitative estimate of drug-likeness (QED) is 0.888. The third-order valence-electron chi connectivity index (χ3n) is 4.14. The number of carboxylic acids is 1. The number of aliphatic carboxylic acids is 1. The van der Waals surface area contributed by atoms with Gasteiger partial charge in [0.15, 0.2) is 0 Å². The van der Waals surface area contributed by atoms with Gasteiger partial charge in [-0.3, -0.25) is 9.69 Å². The van der Waals surface area contributed by atoms with E-state index in [2.05, 4.69) is 17.9 Å². The molecule has 2 rings (SSSR count). The van der Waals surface area contributed by atoms with Crippen LogP contribution in [0, 0.1) is 12.8 Å². The van der Waals surface area contributed by atoms with E-state index in [1.54, 1.807) is 0 Å². The van der Waals surface area contributed by atoms with Crippen LogP contribution >= 0.6 is 0 Å². The Bertz CT molecular complexity index is 419. The van der Waals surface area contributed by atoms with Crippen LogP contribution < -0.4 is 0 Å². The topological polar surface area (TPSA) is 53.7 Å². The van der Waals surface area contributed by atoms with Gasteiger partial charge in [0, 0.05) is 6.42 Å². The summed E-state index contributed by atoms with van der Waals surface area (Å²) in [4.78, 5) is 13.0. The maximum absolute atomic E-state index is 10.6. The SMILES string of the molecule is Cc1ccc(C(C)N2CCC(CCC(=O)O)CC2)o1. The van der Waals surface area contributed by atoms with Gasteiger partial charge >= 0.3 is 5.97 Å². The smallest absolute Gasteiger partial charge is 0.303 e. The summed E-state index contributed by atoms with van der Waals surface area (Å²) in [5.74, 6) is 1.87. The molecule has 1 aromatic heterocycles. The summed E-state index contributed by atoms with van der Waals surface area (Å²) < 4.78 is 5.68. The summed E-state index contributed by atoms with van der Waals surface area (Å²) in [5, 5.41) is 8.71. The Morgan fingerprint density at radius 3 is 2.68 bits per heavy atom. The van der Waals surface area contributed by atoms with Crippen LogP contribution in [-0.4, -0.2) is 29.1 Å². The number of carboxylic acid groups (broad SMARTS) is 1. The first-order valence-corrected chi connectivity index (χ1v) is 7.08. The van der Waals surface area contributed by atoms with Crippen molar-refractivity contribution in [2.24, 2.45) is 5.92 Å². The largest absolute Gasteiger partial charge is 0.481 e. The lowest BCUT2D eigenvalue weighted by Crippen LogP contribution is -2.35. The number of hydrogen-bond donors (Lipinski definition) is 1. The number of likely N-dealkylation sites (tertiary alicyclic amines) is 1. The third-order valence-corrected chi connectivity index (χ3v) is 4.14. The average Bonchev–Trinajstić information content (AvgIpc) is 2.83. The van der Waals surface area contributed by atoms with Crippen LogP contribution in [0.3, 0.4) is 0 Å². The molecule has 1 unspecified atom stereocenters. The molecule has 1 fully saturated rings. The van der Waals surface area contributed by atoms with Crippen molar-refractivity contribution in [1.82, 2.24) is 4.90 Å². The molecule has 1 N–H and O–H groups in total. The highest BCUT2D eigenvalue weighted by Gasteiger charge is 2.25. The second-order valence-corrected chi connectivity index (χ2v) is 5.54. The normalized spacial score (nSPS) is 19.5. The molecule has 0 aromatic carbocycles. The first kappa shape index (κ1) is 14.1. The van der Waals surface area contributed by atoms with Gasteiger partial charge in [0.1, 0.15) is 11.5 Å². The lowest BCUT2D eigenvalue weighted by molar-refractivity contribution is -0.137. The van der Waals surface area contributed by atoms with E-state index in [1.807, 2.05) is 13.0 Å². The van der Waals surface area contributed by atoms with Crippen LogP contribution in [-0.2, 0) is 4.79 Å². The van der Waals surface area contributed by atoms with E-state index in [0.29, 0.717) is 18.4 Å². The van der Waals surface area contributed by atoms with Crippen molar-refractivity contribution in [3.63, 3.8) is 0 Å². The molecule has 4 nitrogen and oxygen atoms in total. The van der Waals surface area contributed by atoms with E-state index in [9.17, 15) is 4.79 Å². The number of carbonyl (C=O) groups is 1. The highest BCUT2D eigenvalue weighted by Crippen LogP contribution is 2.29. The molecule has 0 amide bonds. The summed E-state index contributed by atoms with van der Waals surface area (Å²) in [5.41, 5.74) is 0. The molecular weight excluding hydrogens is 242 g/mol. The first-order chi connectivity index (χ1) is 9.06. The van der Waals surface area contributed by atoms with Crippen molar-refractivity contribution >= 4 is 5.97 Å². The zero-order chi connectivity index (χ0) is 13.8.